The van der Waals surface area contributed by atoms with Gasteiger partial charge in [0.15, 0.2) is 0 Å². The highest BCUT2D eigenvalue weighted by Crippen LogP contribution is 2.17. The molecule has 19 heavy (non-hydrogen) atoms. The van der Waals surface area contributed by atoms with Crippen molar-refractivity contribution in [3.05, 3.63) is 29.0 Å². The number of carbonyl (C=O) groups is 2. The highest BCUT2D eigenvalue weighted by molar-refractivity contribution is 6.33. The Hall–Kier alpha value is -1.62. The first-order chi connectivity index (χ1) is 8.97. The molecule has 0 saturated carbocycles. The summed E-state index contributed by atoms with van der Waals surface area (Å²) in [5, 5.41) is 0.266. The predicted molar refractivity (Wildman–Crippen MR) is 72.1 cm³/mol. The molecule has 1 rings (SSSR count). The maximum Gasteiger partial charge on any atom is 0.325 e. The summed E-state index contributed by atoms with van der Waals surface area (Å²) in [6, 6.07) is 1.40. The van der Waals surface area contributed by atoms with Crippen molar-refractivity contribution in [2.45, 2.75) is 26.8 Å². The van der Waals surface area contributed by atoms with Crippen LogP contribution in [-0.4, -0.2) is 41.0 Å². The Kier molecular flexibility index (Phi) is 5.76. The van der Waals surface area contributed by atoms with E-state index < -0.39 is 5.97 Å². The number of hydrogen-bond acceptors (Lipinski definition) is 4. The molecule has 0 unspecified atom stereocenters. The van der Waals surface area contributed by atoms with Crippen LogP contribution in [0.15, 0.2) is 18.5 Å². The lowest BCUT2D eigenvalue weighted by Gasteiger charge is -2.26. The number of rotatable bonds is 5. The number of nitrogens with zero attached hydrogens (tertiary/aromatic N) is 2. The average Bonchev–Trinajstić information content (AvgIpc) is 2.36. The number of ether oxygens (including phenoxy) is 1. The molecule has 0 saturated heterocycles. The number of aromatic nitrogens is 1. The van der Waals surface area contributed by atoms with Gasteiger partial charge in [-0.3, -0.25) is 14.6 Å². The van der Waals surface area contributed by atoms with Gasteiger partial charge in [0, 0.05) is 18.4 Å². The summed E-state index contributed by atoms with van der Waals surface area (Å²) in [5.41, 5.74) is 0.328. The fourth-order valence-electron chi connectivity index (χ4n) is 1.54. The minimum atomic E-state index is -0.435. The van der Waals surface area contributed by atoms with Gasteiger partial charge in [-0.15, -0.1) is 0 Å². The Morgan fingerprint density at radius 3 is 2.68 bits per heavy atom. The lowest BCUT2D eigenvalue weighted by molar-refractivity contribution is -0.144. The van der Waals surface area contributed by atoms with E-state index in [9.17, 15) is 9.59 Å². The van der Waals surface area contributed by atoms with E-state index in [2.05, 4.69) is 4.98 Å². The third kappa shape index (κ3) is 4.21. The summed E-state index contributed by atoms with van der Waals surface area (Å²) in [6.07, 6.45) is 2.89. The van der Waals surface area contributed by atoms with E-state index in [1.807, 2.05) is 13.8 Å². The van der Waals surface area contributed by atoms with Crippen LogP contribution < -0.4 is 0 Å². The molecule has 1 aromatic heterocycles. The number of pyridine rings is 1. The third-order valence-corrected chi connectivity index (χ3v) is 2.79. The smallest absolute Gasteiger partial charge is 0.325 e. The molecule has 0 aliphatic carbocycles. The van der Waals surface area contributed by atoms with Crippen molar-refractivity contribution in [3.8, 4) is 0 Å². The van der Waals surface area contributed by atoms with E-state index in [-0.39, 0.29) is 30.1 Å². The topological polar surface area (TPSA) is 59.5 Å². The van der Waals surface area contributed by atoms with Crippen molar-refractivity contribution >= 4 is 23.5 Å². The molecule has 0 bridgehead atoms. The van der Waals surface area contributed by atoms with Crippen LogP contribution in [0.1, 0.15) is 31.1 Å². The van der Waals surface area contributed by atoms with Crippen molar-refractivity contribution in [3.63, 3.8) is 0 Å². The SMILES string of the molecule is CCOC(=O)CN(C(=O)c1ccncc1Cl)C(C)C. The van der Waals surface area contributed by atoms with Crippen LogP contribution in [0.2, 0.25) is 5.02 Å². The van der Waals surface area contributed by atoms with Crippen LogP contribution >= 0.6 is 11.6 Å². The van der Waals surface area contributed by atoms with Crippen LogP contribution in [0.25, 0.3) is 0 Å². The molecule has 0 aromatic carbocycles. The lowest BCUT2D eigenvalue weighted by atomic mass is 10.2. The minimum Gasteiger partial charge on any atom is -0.465 e. The second kappa shape index (κ2) is 7.09. The van der Waals surface area contributed by atoms with Gasteiger partial charge >= 0.3 is 5.97 Å². The molecule has 0 aliphatic heterocycles. The van der Waals surface area contributed by atoms with E-state index in [1.54, 1.807) is 6.92 Å². The molecular weight excluding hydrogens is 268 g/mol. The molecule has 6 heteroatoms. The van der Waals surface area contributed by atoms with Gasteiger partial charge in [-0.2, -0.15) is 0 Å². The van der Waals surface area contributed by atoms with Crippen molar-refractivity contribution in [1.29, 1.82) is 0 Å². The third-order valence-electron chi connectivity index (χ3n) is 2.49. The highest BCUT2D eigenvalue weighted by Gasteiger charge is 2.23. The summed E-state index contributed by atoms with van der Waals surface area (Å²) in [7, 11) is 0. The van der Waals surface area contributed by atoms with Crippen LogP contribution in [0.3, 0.4) is 0 Å². The van der Waals surface area contributed by atoms with Crippen LogP contribution in [-0.2, 0) is 9.53 Å². The van der Waals surface area contributed by atoms with Gasteiger partial charge in [0.05, 0.1) is 17.2 Å². The van der Waals surface area contributed by atoms with Crippen LogP contribution in [0, 0.1) is 0 Å². The lowest BCUT2D eigenvalue weighted by Crippen LogP contribution is -2.41. The van der Waals surface area contributed by atoms with Crippen molar-refractivity contribution in [1.82, 2.24) is 9.88 Å². The highest BCUT2D eigenvalue weighted by atomic mass is 35.5. The summed E-state index contributed by atoms with van der Waals surface area (Å²) >= 11 is 5.94. The first-order valence-corrected chi connectivity index (χ1v) is 6.41. The molecule has 1 amide bonds. The van der Waals surface area contributed by atoms with E-state index in [4.69, 9.17) is 16.3 Å². The second-order valence-electron chi connectivity index (χ2n) is 4.19. The van der Waals surface area contributed by atoms with Gasteiger partial charge in [0.25, 0.3) is 5.91 Å². The number of hydrogen-bond donors (Lipinski definition) is 0. The molecule has 0 aliphatic rings. The van der Waals surface area contributed by atoms with Gasteiger partial charge in [-0.25, -0.2) is 0 Å². The zero-order valence-corrected chi connectivity index (χ0v) is 12.0. The normalized spacial score (nSPS) is 10.4. The van der Waals surface area contributed by atoms with Gasteiger partial charge in [-0.05, 0) is 26.8 Å². The zero-order chi connectivity index (χ0) is 14.4. The maximum atomic E-state index is 12.4. The minimum absolute atomic E-state index is 0.0943. The zero-order valence-electron chi connectivity index (χ0n) is 11.2. The van der Waals surface area contributed by atoms with Crippen LogP contribution in [0.5, 0.6) is 0 Å². The summed E-state index contributed by atoms with van der Waals surface area (Å²) in [6.45, 7) is 5.57. The maximum absolute atomic E-state index is 12.4. The molecule has 0 atom stereocenters. The van der Waals surface area contributed by atoms with E-state index in [1.165, 1.54) is 23.4 Å². The molecular formula is C13H17ClN2O3. The summed E-state index contributed by atoms with van der Waals surface area (Å²) in [5.74, 6) is -0.745. The second-order valence-corrected chi connectivity index (χ2v) is 4.59. The molecule has 0 spiro atoms. The van der Waals surface area contributed by atoms with E-state index >= 15 is 0 Å². The Morgan fingerprint density at radius 1 is 1.47 bits per heavy atom. The summed E-state index contributed by atoms with van der Waals surface area (Å²) in [4.78, 5) is 29.1. The van der Waals surface area contributed by atoms with Gasteiger partial charge in [0.2, 0.25) is 0 Å². The van der Waals surface area contributed by atoms with Crippen molar-refractivity contribution < 1.29 is 14.3 Å². The quantitative estimate of drug-likeness (QED) is 0.777. The van der Waals surface area contributed by atoms with Crippen LogP contribution in [0.4, 0.5) is 0 Å². The fraction of sp³-hybridized carbons (Fsp3) is 0.462. The van der Waals surface area contributed by atoms with Gasteiger partial charge < -0.3 is 9.64 Å². The number of esters is 1. The standard InChI is InChI=1S/C13H17ClN2O3/c1-4-19-12(17)8-16(9(2)3)13(18)10-5-6-15-7-11(10)14/h5-7,9H,4,8H2,1-3H3. The number of amides is 1. The number of carbonyl (C=O) groups excluding carboxylic acids is 2. The first kappa shape index (κ1) is 15.4. The Balaban J connectivity index is 2.91. The molecule has 1 heterocycles. The molecule has 0 N–H and O–H groups in total. The largest absolute Gasteiger partial charge is 0.465 e. The molecule has 5 nitrogen and oxygen atoms in total. The predicted octanol–water partition coefficient (Wildman–Crippen LogP) is 2.15. The van der Waals surface area contributed by atoms with Crippen molar-refractivity contribution in [2.75, 3.05) is 13.2 Å². The van der Waals surface area contributed by atoms with Crippen molar-refractivity contribution in [2.24, 2.45) is 0 Å². The Labute approximate surface area is 117 Å². The molecule has 1 aromatic rings. The first-order valence-electron chi connectivity index (χ1n) is 6.03. The monoisotopic (exact) mass is 284 g/mol. The van der Waals surface area contributed by atoms with E-state index in [0.717, 1.165) is 0 Å². The van der Waals surface area contributed by atoms with E-state index in [0.29, 0.717) is 5.56 Å². The molecule has 0 fully saturated rings. The Bertz CT molecular complexity index is 463. The van der Waals surface area contributed by atoms with Gasteiger partial charge in [-0.1, -0.05) is 11.6 Å². The average molecular weight is 285 g/mol. The fourth-order valence-corrected chi connectivity index (χ4v) is 1.74. The van der Waals surface area contributed by atoms with Gasteiger partial charge in [0.1, 0.15) is 6.54 Å². The Morgan fingerprint density at radius 2 is 2.16 bits per heavy atom. The number of halogens is 1. The summed E-state index contributed by atoms with van der Waals surface area (Å²) < 4.78 is 4.86. The molecule has 104 valence electrons. The molecule has 0 radical (unpaired) electrons.